The predicted molar refractivity (Wildman–Crippen MR) is 66.1 cm³/mol. The zero-order valence-corrected chi connectivity index (χ0v) is 13.1. The molecule has 1 N–H and O–H groups in total. The Balaban J connectivity index is -0.0000000320. The maximum absolute atomic E-state index is 9.97. The molecule has 1 amide bonds. The van der Waals surface area contributed by atoms with Crippen molar-refractivity contribution < 1.29 is 37.5 Å². The van der Waals surface area contributed by atoms with Crippen LogP contribution in [0.4, 0.5) is 0 Å². The largest absolute Gasteiger partial charge is 0.668 e. The van der Waals surface area contributed by atoms with Crippen LogP contribution in [0.3, 0.4) is 0 Å². The van der Waals surface area contributed by atoms with Gasteiger partial charge in [0.05, 0.1) is 5.91 Å². The summed E-state index contributed by atoms with van der Waals surface area (Å²) in [5, 5.41) is 3.50. The van der Waals surface area contributed by atoms with Crippen LogP contribution in [0.15, 0.2) is 11.6 Å². The molecule has 0 atom stereocenters. The summed E-state index contributed by atoms with van der Waals surface area (Å²) >= 11 is 0. The quantitative estimate of drug-likeness (QED) is 0.512. The van der Waals surface area contributed by atoms with E-state index in [2.05, 4.69) is 5.32 Å². The first-order valence-corrected chi connectivity index (χ1v) is 2.96. The zero-order valence-electron chi connectivity index (χ0n) is 7.92. The van der Waals surface area contributed by atoms with Crippen molar-refractivity contribution in [1.29, 1.82) is 0 Å². The number of nitrogens with one attached hydrogen (secondary N) is 1. The van der Waals surface area contributed by atoms with Crippen LogP contribution < -0.4 is 0 Å². The first kappa shape index (κ1) is 29.2. The average molecular weight is 375 g/mol. The van der Waals surface area contributed by atoms with Crippen LogP contribution in [0, 0.1) is 0 Å². The predicted octanol–water partition coefficient (Wildman–Crippen LogP) is 3.40. The van der Waals surface area contributed by atoms with Crippen molar-refractivity contribution in [3.05, 3.63) is 22.7 Å². The molecule has 0 aliphatic heterocycles. The minimum atomic E-state index is -0.595. The van der Waals surface area contributed by atoms with Crippen LogP contribution in [-0.4, -0.2) is 20.0 Å². The number of allylic oxidation sites excluding steroid dienone is 1. The fourth-order valence-corrected chi connectivity index (χ4v) is 0.131. The number of hydrogen-bond donors (Lipinski definition) is 0. The Hall–Kier alpha value is 1.00. The Morgan fingerprint density at radius 1 is 1.38 bits per heavy atom. The summed E-state index contributed by atoms with van der Waals surface area (Å²) in [7, 11) is 3.50. The Morgan fingerprint density at radius 2 is 1.62 bits per heavy atom. The van der Waals surface area contributed by atoms with Gasteiger partial charge in [0.25, 0.3) is 0 Å². The van der Waals surface area contributed by atoms with Gasteiger partial charge in [-0.15, -0.1) is 24.0 Å². The molecule has 13 heavy (non-hydrogen) atoms. The third kappa shape index (κ3) is 32.1. The molecular formula is C8H19IN2OY-2. The molecule has 0 aromatic heterocycles. The van der Waals surface area contributed by atoms with Crippen LogP contribution in [0.2, 0.25) is 0 Å². The minimum absolute atomic E-state index is 0. The molecule has 0 bridgehead atoms. The van der Waals surface area contributed by atoms with Gasteiger partial charge in [0.15, 0.2) is 0 Å². The van der Waals surface area contributed by atoms with Gasteiger partial charge in [-0.25, -0.2) is 0 Å². The van der Waals surface area contributed by atoms with E-state index in [1.165, 1.54) is 0 Å². The van der Waals surface area contributed by atoms with Crippen LogP contribution in [0.5, 0.6) is 0 Å². The molecule has 0 fully saturated rings. The van der Waals surface area contributed by atoms with E-state index < -0.39 is 5.91 Å². The van der Waals surface area contributed by atoms with Crippen molar-refractivity contribution >= 4 is 29.9 Å². The van der Waals surface area contributed by atoms with E-state index in [0.29, 0.717) is 5.57 Å². The monoisotopic (exact) mass is 375 g/mol. The number of carbonyl (C=O) groups is 1. The fourth-order valence-electron chi connectivity index (χ4n) is 0.131. The Labute approximate surface area is 124 Å². The van der Waals surface area contributed by atoms with Crippen LogP contribution >= 0.6 is 24.0 Å². The molecule has 0 rings (SSSR count). The molecule has 0 heterocycles. The zero-order chi connectivity index (χ0) is 8.57. The molecule has 0 saturated heterocycles. The summed E-state index contributed by atoms with van der Waals surface area (Å²) in [5.41, 5.74) is 6.98. The molecular weight excluding hydrogens is 356 g/mol. The van der Waals surface area contributed by atoms with Crippen molar-refractivity contribution in [2.45, 2.75) is 21.3 Å². The molecule has 0 aliphatic rings. The molecule has 0 spiro atoms. The first-order chi connectivity index (χ1) is 4.59. The summed E-state index contributed by atoms with van der Waals surface area (Å²) in [6.07, 6.45) is 1.62. The topological polar surface area (TPSA) is 55.0 Å². The van der Waals surface area contributed by atoms with Gasteiger partial charge in [0.1, 0.15) is 0 Å². The summed E-state index contributed by atoms with van der Waals surface area (Å²) < 4.78 is 0. The van der Waals surface area contributed by atoms with Crippen molar-refractivity contribution in [3.63, 3.8) is 0 Å². The second-order valence-corrected chi connectivity index (χ2v) is 1.75. The van der Waals surface area contributed by atoms with Gasteiger partial charge < -0.3 is 15.8 Å². The summed E-state index contributed by atoms with van der Waals surface area (Å²) in [4.78, 5) is 9.97. The van der Waals surface area contributed by atoms with Gasteiger partial charge in [0.2, 0.25) is 0 Å². The number of halogens is 1. The van der Waals surface area contributed by atoms with Crippen LogP contribution in [-0.2, 0) is 37.5 Å². The summed E-state index contributed by atoms with van der Waals surface area (Å²) in [5.74, 6) is -0.595. The summed E-state index contributed by atoms with van der Waals surface area (Å²) in [6, 6.07) is 0. The molecule has 0 unspecified atom stereocenters. The minimum Gasteiger partial charge on any atom is -0.668 e. The Morgan fingerprint density at radius 3 is 1.62 bits per heavy atom. The van der Waals surface area contributed by atoms with Gasteiger partial charge in [-0.1, -0.05) is 13.5 Å². The Kier molecular flexibility index (Phi) is 51.9. The van der Waals surface area contributed by atoms with Crippen molar-refractivity contribution in [2.75, 3.05) is 14.1 Å². The molecule has 79 valence electrons. The number of hydrogen-bond acceptors (Lipinski definition) is 1. The molecule has 0 aromatic carbocycles. The normalized spacial score (nSPS) is 7.54. The third-order valence-electron chi connectivity index (χ3n) is 0.791. The molecule has 5 heteroatoms. The second-order valence-electron chi connectivity index (χ2n) is 1.75. The van der Waals surface area contributed by atoms with E-state index in [1.54, 1.807) is 34.0 Å². The van der Waals surface area contributed by atoms with Gasteiger partial charge >= 0.3 is 0 Å². The SMILES string of the molecule is C.C/C=C(/C)C([NH-])=O.C[N-]C.I.[Y]. The van der Waals surface area contributed by atoms with E-state index in [0.717, 1.165) is 0 Å². The van der Waals surface area contributed by atoms with E-state index >= 15 is 0 Å². The first-order valence-electron chi connectivity index (χ1n) is 2.96. The number of nitrogens with zero attached hydrogens (tertiary/aromatic N) is 1. The van der Waals surface area contributed by atoms with Crippen molar-refractivity contribution in [2.24, 2.45) is 0 Å². The van der Waals surface area contributed by atoms with E-state index in [9.17, 15) is 4.79 Å². The van der Waals surface area contributed by atoms with E-state index in [1.807, 2.05) is 0 Å². The Bertz CT molecular complexity index is 129. The van der Waals surface area contributed by atoms with E-state index in [-0.39, 0.29) is 64.1 Å². The van der Waals surface area contributed by atoms with Crippen molar-refractivity contribution in [3.8, 4) is 0 Å². The average Bonchev–Trinajstić information content (AvgIpc) is 1.88. The van der Waals surface area contributed by atoms with Crippen LogP contribution in [0.1, 0.15) is 21.3 Å². The molecule has 0 aliphatic carbocycles. The molecule has 3 nitrogen and oxygen atoms in total. The fraction of sp³-hybridized carbons (Fsp3) is 0.625. The standard InChI is InChI=1S/C5H9NO.C2H6N.CH4.HI.Y/c1-3-4(2)5(6)7;1-3-2;;;/h3H,1-2H3,(H2,6,7);1-2H3;1H4;1H;/q;-1;;;/p-1/b4-3-;;;;. The number of rotatable bonds is 1. The van der Waals surface area contributed by atoms with Gasteiger partial charge in [-0.2, -0.15) is 14.1 Å². The van der Waals surface area contributed by atoms with Gasteiger partial charge in [-0.3, -0.25) is 0 Å². The smallest absolute Gasteiger partial charge is 0.0749 e. The second kappa shape index (κ2) is 23.1. The third-order valence-corrected chi connectivity index (χ3v) is 0.791. The van der Waals surface area contributed by atoms with Gasteiger partial charge in [0, 0.05) is 32.7 Å². The van der Waals surface area contributed by atoms with Crippen LogP contribution in [0.25, 0.3) is 11.1 Å². The van der Waals surface area contributed by atoms with Crippen molar-refractivity contribution in [1.82, 2.24) is 0 Å². The maximum Gasteiger partial charge on any atom is 0.0749 e. The molecule has 0 aromatic rings. The number of carbonyl (C=O) groups excluding carboxylic acids is 1. The molecule has 0 saturated carbocycles. The molecule has 1 radical (unpaired) electrons. The number of amides is 1. The van der Waals surface area contributed by atoms with Gasteiger partial charge in [-0.05, 0) is 19.4 Å². The van der Waals surface area contributed by atoms with E-state index in [4.69, 9.17) is 5.73 Å². The summed E-state index contributed by atoms with van der Waals surface area (Å²) in [6.45, 7) is 3.36. The maximum atomic E-state index is 9.97.